The molecular formula is C34H38N6O4S. The van der Waals surface area contributed by atoms with E-state index in [9.17, 15) is 19.5 Å². The number of allylic oxidation sites excluding steroid dienone is 3. The van der Waals surface area contributed by atoms with Crippen molar-refractivity contribution in [2.75, 3.05) is 26.2 Å². The van der Waals surface area contributed by atoms with Gasteiger partial charge in [-0.25, -0.2) is 14.8 Å². The summed E-state index contributed by atoms with van der Waals surface area (Å²) < 4.78 is 0. The molecule has 10 nitrogen and oxygen atoms in total. The van der Waals surface area contributed by atoms with Gasteiger partial charge < -0.3 is 20.2 Å². The highest BCUT2D eigenvalue weighted by Gasteiger charge is 2.51. The van der Waals surface area contributed by atoms with Gasteiger partial charge >= 0.3 is 6.03 Å². The van der Waals surface area contributed by atoms with Crippen molar-refractivity contribution in [3.63, 3.8) is 0 Å². The van der Waals surface area contributed by atoms with Crippen LogP contribution in [0.1, 0.15) is 24.0 Å². The van der Waals surface area contributed by atoms with Gasteiger partial charge in [0.25, 0.3) is 0 Å². The molecule has 0 saturated carbocycles. The van der Waals surface area contributed by atoms with Crippen molar-refractivity contribution < 1.29 is 19.5 Å². The molecule has 3 aliphatic heterocycles. The van der Waals surface area contributed by atoms with Crippen molar-refractivity contribution in [2.24, 2.45) is 4.99 Å². The number of fused-ring (bicyclic) bond motifs is 2. The van der Waals surface area contributed by atoms with E-state index in [2.05, 4.69) is 23.0 Å². The molecule has 2 aromatic carbocycles. The molecule has 2 fully saturated rings. The Bertz CT molecular complexity index is 1510. The molecule has 4 amide bonds. The van der Waals surface area contributed by atoms with E-state index in [0.29, 0.717) is 19.6 Å². The van der Waals surface area contributed by atoms with Crippen molar-refractivity contribution in [3.8, 4) is 5.75 Å². The largest absolute Gasteiger partial charge is 0.508 e. The summed E-state index contributed by atoms with van der Waals surface area (Å²) in [6, 6.07) is 15.2. The maximum absolute atomic E-state index is 14.3. The maximum atomic E-state index is 14.3. The van der Waals surface area contributed by atoms with Crippen LogP contribution in [0.15, 0.2) is 96.0 Å². The van der Waals surface area contributed by atoms with Crippen LogP contribution in [0.4, 0.5) is 4.79 Å². The number of hydrazine groups is 1. The van der Waals surface area contributed by atoms with E-state index >= 15 is 0 Å². The zero-order chi connectivity index (χ0) is 31.3. The number of hydrogen-bond acceptors (Lipinski definition) is 7. The average molecular weight is 627 g/mol. The minimum Gasteiger partial charge on any atom is -0.508 e. The number of carbonyl (C=O) groups is 3. The first-order valence-corrected chi connectivity index (χ1v) is 16.3. The number of amides is 4. The number of thioether (sulfide) groups is 1. The zero-order valence-corrected chi connectivity index (χ0v) is 25.9. The SMILES string of the molecule is C=CCCCN1CC(=O)N2C(Cc3ccc(O)cc3)C(=O)N(CC3=CC=CC4SC=NC34)CC2N1C(=O)NCc1ccccc1. The second kappa shape index (κ2) is 13.7. The Morgan fingerprint density at radius 2 is 1.91 bits per heavy atom. The molecule has 2 aromatic rings. The number of carbonyl (C=O) groups excluding carboxylic acids is 3. The van der Waals surface area contributed by atoms with Gasteiger partial charge in [0, 0.05) is 26.1 Å². The third-order valence-corrected chi connectivity index (χ3v) is 9.60. The molecule has 45 heavy (non-hydrogen) atoms. The second-order valence-corrected chi connectivity index (χ2v) is 12.6. The van der Waals surface area contributed by atoms with Gasteiger partial charge in [0.05, 0.1) is 29.9 Å². The molecule has 2 saturated heterocycles. The fraction of sp³-hybridized carbons (Fsp3) is 0.353. The number of nitrogens with zero attached hydrogens (tertiary/aromatic N) is 5. The number of aliphatic imine (C=N–C) groups is 1. The van der Waals surface area contributed by atoms with Gasteiger partial charge in [0.1, 0.15) is 18.0 Å². The van der Waals surface area contributed by atoms with Crippen molar-refractivity contribution >= 4 is 35.2 Å². The van der Waals surface area contributed by atoms with Crippen LogP contribution in [0, 0.1) is 0 Å². The summed E-state index contributed by atoms with van der Waals surface area (Å²) in [6.07, 6.45) is 9.02. The number of benzene rings is 2. The number of hydrogen-bond donors (Lipinski definition) is 2. The first-order chi connectivity index (χ1) is 21.9. The fourth-order valence-corrected chi connectivity index (χ4v) is 7.32. The fourth-order valence-electron chi connectivity index (χ4n) is 6.40. The van der Waals surface area contributed by atoms with Gasteiger partial charge in [-0.15, -0.1) is 18.3 Å². The van der Waals surface area contributed by atoms with Crippen LogP contribution in [-0.4, -0.2) is 98.0 Å². The molecule has 0 aromatic heterocycles. The van der Waals surface area contributed by atoms with Gasteiger partial charge in [0.15, 0.2) is 0 Å². The Balaban J connectivity index is 1.33. The van der Waals surface area contributed by atoms with Crippen LogP contribution >= 0.6 is 11.8 Å². The highest BCUT2D eigenvalue weighted by molar-refractivity contribution is 8.13. The van der Waals surface area contributed by atoms with Crippen molar-refractivity contribution in [3.05, 3.63) is 102 Å². The zero-order valence-electron chi connectivity index (χ0n) is 25.1. The first kappa shape index (κ1) is 30.7. The number of nitrogens with one attached hydrogen (secondary N) is 1. The highest BCUT2D eigenvalue weighted by Crippen LogP contribution is 2.34. The standard InChI is InChI=1S/C34H38N6O4S/c1-2-3-7-17-38-22-31(42)39-28(18-24-13-15-27(41)16-14-24)33(43)37(20-26-11-8-12-29-32(26)36-23-45-29)21-30(39)40(38)34(44)35-19-25-9-5-4-6-10-25/h2,4-6,8-16,23,28-30,32,41H,1,3,7,17-22H2,(H,35,44). The monoisotopic (exact) mass is 626 g/mol. The molecular weight excluding hydrogens is 588 g/mol. The van der Waals surface area contributed by atoms with E-state index in [-0.39, 0.29) is 54.4 Å². The third kappa shape index (κ3) is 6.69. The quantitative estimate of drug-likeness (QED) is 0.308. The molecule has 6 rings (SSSR count). The minimum absolute atomic E-state index is 0.0165. The number of phenols is 1. The molecule has 0 bridgehead atoms. The van der Waals surface area contributed by atoms with Crippen LogP contribution in [0.5, 0.6) is 5.75 Å². The van der Waals surface area contributed by atoms with Crippen LogP contribution in [0.3, 0.4) is 0 Å². The topological polar surface area (TPSA) is 109 Å². The Hall–Kier alpha value is -4.35. The van der Waals surface area contributed by atoms with Crippen LogP contribution in [0.25, 0.3) is 0 Å². The smallest absolute Gasteiger partial charge is 0.334 e. The van der Waals surface area contributed by atoms with Crippen molar-refractivity contribution in [2.45, 2.75) is 49.3 Å². The van der Waals surface area contributed by atoms with Crippen molar-refractivity contribution in [1.29, 1.82) is 0 Å². The molecule has 0 spiro atoms. The second-order valence-electron chi connectivity index (χ2n) is 11.6. The van der Waals surface area contributed by atoms with Gasteiger partial charge in [-0.05, 0) is 41.7 Å². The van der Waals surface area contributed by atoms with Crippen LogP contribution in [-0.2, 0) is 22.6 Å². The summed E-state index contributed by atoms with van der Waals surface area (Å²) >= 11 is 1.66. The lowest BCUT2D eigenvalue weighted by Gasteiger charge is -2.55. The highest BCUT2D eigenvalue weighted by atomic mass is 32.2. The molecule has 1 aliphatic carbocycles. The lowest BCUT2D eigenvalue weighted by atomic mass is 9.95. The molecule has 4 atom stereocenters. The van der Waals surface area contributed by atoms with E-state index in [0.717, 1.165) is 29.5 Å². The molecule has 4 aliphatic rings. The van der Waals surface area contributed by atoms with Gasteiger partial charge in [-0.1, -0.05) is 66.8 Å². The summed E-state index contributed by atoms with van der Waals surface area (Å²) in [5.74, 6) is -0.237. The van der Waals surface area contributed by atoms with Gasteiger partial charge in [0.2, 0.25) is 11.8 Å². The van der Waals surface area contributed by atoms with E-state index in [1.165, 1.54) is 0 Å². The van der Waals surface area contributed by atoms with E-state index in [1.54, 1.807) is 50.8 Å². The molecule has 11 heteroatoms. The molecule has 234 valence electrons. The molecule has 4 unspecified atom stereocenters. The predicted molar refractivity (Wildman–Crippen MR) is 175 cm³/mol. The number of phenolic OH excluding ortho intramolecular Hbond substituents is 1. The normalized spacial score (nSPS) is 24.4. The number of piperazine rings is 1. The summed E-state index contributed by atoms with van der Waals surface area (Å²) in [5.41, 5.74) is 4.66. The van der Waals surface area contributed by atoms with Gasteiger partial charge in [-0.2, -0.15) is 0 Å². The first-order valence-electron chi connectivity index (χ1n) is 15.3. The Kier molecular flexibility index (Phi) is 9.37. The summed E-state index contributed by atoms with van der Waals surface area (Å²) in [7, 11) is 0. The minimum atomic E-state index is -0.822. The number of urea groups is 1. The van der Waals surface area contributed by atoms with Crippen LogP contribution < -0.4 is 5.32 Å². The summed E-state index contributed by atoms with van der Waals surface area (Å²) in [4.78, 5) is 50.3. The Morgan fingerprint density at radius 3 is 2.69 bits per heavy atom. The van der Waals surface area contributed by atoms with E-state index in [1.807, 2.05) is 59.1 Å². The van der Waals surface area contributed by atoms with E-state index in [4.69, 9.17) is 0 Å². The van der Waals surface area contributed by atoms with Crippen molar-refractivity contribution in [1.82, 2.24) is 25.1 Å². The number of aromatic hydroxyl groups is 1. The van der Waals surface area contributed by atoms with Gasteiger partial charge in [-0.3, -0.25) is 14.6 Å². The number of unbranched alkanes of at least 4 members (excludes halogenated alkanes) is 1. The molecule has 2 N–H and O–H groups in total. The maximum Gasteiger partial charge on any atom is 0.334 e. The third-order valence-electron chi connectivity index (χ3n) is 8.63. The lowest BCUT2D eigenvalue weighted by Crippen LogP contribution is -2.76. The predicted octanol–water partition coefficient (Wildman–Crippen LogP) is 3.72. The molecule has 3 heterocycles. The summed E-state index contributed by atoms with van der Waals surface area (Å²) in [5, 5.41) is 16.6. The number of rotatable bonds is 10. The molecule has 0 radical (unpaired) electrons. The Labute approximate surface area is 267 Å². The van der Waals surface area contributed by atoms with Crippen LogP contribution in [0.2, 0.25) is 0 Å². The average Bonchev–Trinajstić information content (AvgIpc) is 3.54. The van der Waals surface area contributed by atoms with E-state index < -0.39 is 12.2 Å². The summed E-state index contributed by atoms with van der Waals surface area (Å²) in [6.45, 7) is 5.15. The lowest BCUT2D eigenvalue weighted by molar-refractivity contribution is -0.190. The Morgan fingerprint density at radius 1 is 1.11 bits per heavy atom.